The smallest absolute Gasteiger partial charge is 0.136 e. The standard InChI is InChI=1S/C13H12BrN/c14-12-8-6-11(7-9-12)13(15)10-4-2-1-3-5-10/h1-9,13H,15H2/p+1/t13-/m1/s1. The Bertz CT molecular complexity index is 422. The van der Waals surface area contributed by atoms with E-state index in [2.05, 4.69) is 58.1 Å². The first-order chi connectivity index (χ1) is 7.27. The predicted molar refractivity (Wildman–Crippen MR) is 65.3 cm³/mol. The molecule has 0 aliphatic heterocycles. The molecule has 0 aromatic heterocycles. The minimum absolute atomic E-state index is 0.208. The van der Waals surface area contributed by atoms with Crippen LogP contribution in [0.15, 0.2) is 59.1 Å². The molecular weight excluding hydrogens is 250 g/mol. The third kappa shape index (κ3) is 2.46. The lowest BCUT2D eigenvalue weighted by atomic mass is 10.00. The first-order valence-corrected chi connectivity index (χ1v) is 5.70. The van der Waals surface area contributed by atoms with Gasteiger partial charge in [0.1, 0.15) is 6.04 Å². The molecule has 0 saturated heterocycles. The Hall–Kier alpha value is -1.12. The number of hydrogen-bond donors (Lipinski definition) is 1. The summed E-state index contributed by atoms with van der Waals surface area (Å²) in [4.78, 5) is 0. The Morgan fingerprint density at radius 1 is 0.800 bits per heavy atom. The molecule has 0 aliphatic rings. The molecule has 2 heteroatoms. The van der Waals surface area contributed by atoms with Crippen LogP contribution >= 0.6 is 15.9 Å². The Balaban J connectivity index is 2.29. The van der Waals surface area contributed by atoms with Gasteiger partial charge in [-0.2, -0.15) is 0 Å². The summed E-state index contributed by atoms with van der Waals surface area (Å²) in [5.41, 5.74) is 6.68. The zero-order valence-corrected chi connectivity index (χ0v) is 9.94. The molecule has 0 heterocycles. The molecule has 0 saturated carbocycles. The molecule has 0 bridgehead atoms. The summed E-state index contributed by atoms with van der Waals surface area (Å²) >= 11 is 3.43. The maximum Gasteiger partial charge on any atom is 0.136 e. The van der Waals surface area contributed by atoms with Crippen molar-refractivity contribution in [3.63, 3.8) is 0 Å². The van der Waals surface area contributed by atoms with Crippen molar-refractivity contribution in [1.82, 2.24) is 0 Å². The third-order valence-corrected chi connectivity index (χ3v) is 3.00. The molecule has 15 heavy (non-hydrogen) atoms. The second-order valence-electron chi connectivity index (χ2n) is 3.51. The van der Waals surface area contributed by atoms with E-state index in [0.717, 1.165) is 4.47 Å². The van der Waals surface area contributed by atoms with Crippen LogP contribution in [-0.4, -0.2) is 0 Å². The average molecular weight is 263 g/mol. The molecule has 2 aromatic carbocycles. The van der Waals surface area contributed by atoms with Crippen molar-refractivity contribution in [2.45, 2.75) is 6.04 Å². The van der Waals surface area contributed by atoms with Crippen LogP contribution in [0.2, 0.25) is 0 Å². The lowest BCUT2D eigenvalue weighted by Gasteiger charge is -2.08. The van der Waals surface area contributed by atoms with Gasteiger partial charge in [-0.25, -0.2) is 0 Å². The second-order valence-corrected chi connectivity index (χ2v) is 4.43. The highest BCUT2D eigenvalue weighted by molar-refractivity contribution is 9.10. The molecule has 2 aromatic rings. The normalized spacial score (nSPS) is 12.4. The number of quaternary nitrogens is 1. The van der Waals surface area contributed by atoms with E-state index in [1.165, 1.54) is 11.1 Å². The predicted octanol–water partition coefficient (Wildman–Crippen LogP) is 2.78. The van der Waals surface area contributed by atoms with Gasteiger partial charge in [-0.15, -0.1) is 0 Å². The van der Waals surface area contributed by atoms with Gasteiger partial charge in [0.05, 0.1) is 0 Å². The summed E-state index contributed by atoms with van der Waals surface area (Å²) in [6.45, 7) is 0. The van der Waals surface area contributed by atoms with Crippen LogP contribution in [0.4, 0.5) is 0 Å². The van der Waals surface area contributed by atoms with Crippen LogP contribution in [0, 0.1) is 0 Å². The zero-order valence-electron chi connectivity index (χ0n) is 8.36. The fraction of sp³-hybridized carbons (Fsp3) is 0.0769. The van der Waals surface area contributed by atoms with Crippen LogP contribution < -0.4 is 5.73 Å². The van der Waals surface area contributed by atoms with E-state index in [1.54, 1.807) is 0 Å². The highest BCUT2D eigenvalue weighted by atomic mass is 79.9. The van der Waals surface area contributed by atoms with Gasteiger partial charge in [-0.1, -0.05) is 58.4 Å². The van der Waals surface area contributed by atoms with Crippen molar-refractivity contribution < 1.29 is 5.73 Å². The molecule has 76 valence electrons. The topological polar surface area (TPSA) is 27.6 Å². The first-order valence-electron chi connectivity index (χ1n) is 4.91. The van der Waals surface area contributed by atoms with Crippen LogP contribution in [-0.2, 0) is 0 Å². The van der Waals surface area contributed by atoms with Gasteiger partial charge < -0.3 is 5.73 Å². The van der Waals surface area contributed by atoms with E-state index in [-0.39, 0.29) is 6.04 Å². The fourth-order valence-electron chi connectivity index (χ4n) is 1.57. The molecule has 3 N–H and O–H groups in total. The lowest BCUT2D eigenvalue weighted by Crippen LogP contribution is -2.53. The van der Waals surface area contributed by atoms with Crippen LogP contribution in [0.5, 0.6) is 0 Å². The first kappa shape index (κ1) is 10.4. The highest BCUT2D eigenvalue weighted by Crippen LogP contribution is 2.19. The Labute approximate surface area is 98.1 Å². The van der Waals surface area contributed by atoms with Gasteiger partial charge in [0.15, 0.2) is 0 Å². The molecule has 0 radical (unpaired) electrons. The van der Waals surface area contributed by atoms with Gasteiger partial charge >= 0.3 is 0 Å². The Kier molecular flexibility index (Phi) is 3.19. The molecule has 0 fully saturated rings. The summed E-state index contributed by atoms with van der Waals surface area (Å²) in [5, 5.41) is 0. The summed E-state index contributed by atoms with van der Waals surface area (Å²) in [6, 6.07) is 18.9. The molecule has 1 atom stereocenters. The maximum absolute atomic E-state index is 4.19. The van der Waals surface area contributed by atoms with E-state index in [9.17, 15) is 0 Å². The number of hydrogen-bond acceptors (Lipinski definition) is 0. The summed E-state index contributed by atoms with van der Waals surface area (Å²) < 4.78 is 1.10. The van der Waals surface area contributed by atoms with E-state index < -0.39 is 0 Å². The zero-order chi connectivity index (χ0) is 10.7. The third-order valence-electron chi connectivity index (χ3n) is 2.47. The van der Waals surface area contributed by atoms with Crippen LogP contribution in [0.1, 0.15) is 17.2 Å². The largest absolute Gasteiger partial charge is 0.348 e. The quantitative estimate of drug-likeness (QED) is 0.862. The lowest BCUT2D eigenvalue weighted by molar-refractivity contribution is -0.411. The summed E-state index contributed by atoms with van der Waals surface area (Å²) in [7, 11) is 0. The van der Waals surface area contributed by atoms with Gasteiger partial charge in [-0.05, 0) is 12.1 Å². The fourth-order valence-corrected chi connectivity index (χ4v) is 1.84. The van der Waals surface area contributed by atoms with Crippen molar-refractivity contribution in [1.29, 1.82) is 0 Å². The molecular formula is C13H13BrN+. The van der Waals surface area contributed by atoms with Gasteiger partial charge in [-0.3, -0.25) is 0 Å². The van der Waals surface area contributed by atoms with Crippen molar-refractivity contribution in [2.24, 2.45) is 0 Å². The summed E-state index contributed by atoms with van der Waals surface area (Å²) in [6.07, 6.45) is 0. The van der Waals surface area contributed by atoms with E-state index in [1.807, 2.05) is 18.2 Å². The van der Waals surface area contributed by atoms with Crippen LogP contribution in [0.25, 0.3) is 0 Å². The SMILES string of the molecule is [NH3+][C@H](c1ccccc1)c1ccc(Br)cc1. The van der Waals surface area contributed by atoms with Crippen LogP contribution in [0.3, 0.4) is 0 Å². The van der Waals surface area contributed by atoms with Gasteiger partial charge in [0, 0.05) is 15.6 Å². The average Bonchev–Trinajstić information content (AvgIpc) is 2.30. The Morgan fingerprint density at radius 2 is 1.33 bits per heavy atom. The number of rotatable bonds is 2. The second kappa shape index (κ2) is 4.60. The van der Waals surface area contributed by atoms with Gasteiger partial charge in [0.25, 0.3) is 0 Å². The minimum atomic E-state index is 0.208. The highest BCUT2D eigenvalue weighted by Gasteiger charge is 2.10. The van der Waals surface area contributed by atoms with Gasteiger partial charge in [0.2, 0.25) is 0 Å². The molecule has 1 nitrogen and oxygen atoms in total. The van der Waals surface area contributed by atoms with Crippen molar-refractivity contribution in [2.75, 3.05) is 0 Å². The van der Waals surface area contributed by atoms with E-state index >= 15 is 0 Å². The van der Waals surface area contributed by atoms with Crippen molar-refractivity contribution in [3.05, 3.63) is 70.2 Å². The molecule has 0 unspecified atom stereocenters. The maximum atomic E-state index is 4.19. The Morgan fingerprint density at radius 3 is 1.93 bits per heavy atom. The van der Waals surface area contributed by atoms with Crippen molar-refractivity contribution in [3.8, 4) is 0 Å². The monoisotopic (exact) mass is 262 g/mol. The van der Waals surface area contributed by atoms with E-state index in [4.69, 9.17) is 0 Å². The summed E-state index contributed by atoms with van der Waals surface area (Å²) in [5.74, 6) is 0. The number of halogens is 1. The molecule has 0 spiro atoms. The van der Waals surface area contributed by atoms with Crippen molar-refractivity contribution >= 4 is 15.9 Å². The molecule has 0 aliphatic carbocycles. The number of benzene rings is 2. The molecule has 0 amide bonds. The van der Waals surface area contributed by atoms with E-state index in [0.29, 0.717) is 0 Å². The molecule has 2 rings (SSSR count). The minimum Gasteiger partial charge on any atom is -0.348 e.